The molecule has 0 radical (unpaired) electrons. The number of aliphatic hydroxyl groups excluding tert-OH is 1. The Morgan fingerprint density at radius 2 is 2.04 bits per heavy atom. The Bertz CT molecular complexity index is 1130. The SMILES string of the molecule is Cc1ccc(C)c(-c2nn(C)cc2NC(O)c2cnn3ccc(N)nc23)c1. The first-order valence-corrected chi connectivity index (χ1v) is 8.58. The summed E-state index contributed by atoms with van der Waals surface area (Å²) in [7, 11) is 1.85. The molecule has 27 heavy (non-hydrogen) atoms. The summed E-state index contributed by atoms with van der Waals surface area (Å²) in [5.41, 5.74) is 11.6. The molecule has 0 aliphatic heterocycles. The average Bonchev–Trinajstić information content (AvgIpc) is 3.20. The van der Waals surface area contributed by atoms with E-state index in [0.29, 0.717) is 17.0 Å². The van der Waals surface area contributed by atoms with Gasteiger partial charge in [-0.1, -0.05) is 17.7 Å². The number of nitrogens with zero attached hydrogens (tertiary/aromatic N) is 5. The first-order valence-electron chi connectivity index (χ1n) is 8.58. The van der Waals surface area contributed by atoms with E-state index in [1.54, 1.807) is 27.7 Å². The Hall–Kier alpha value is -3.39. The highest BCUT2D eigenvalue weighted by molar-refractivity contribution is 5.77. The van der Waals surface area contributed by atoms with Crippen molar-refractivity contribution in [1.82, 2.24) is 24.4 Å². The summed E-state index contributed by atoms with van der Waals surface area (Å²) in [4.78, 5) is 4.27. The minimum absolute atomic E-state index is 0.369. The molecule has 0 aliphatic carbocycles. The van der Waals surface area contributed by atoms with Crippen LogP contribution in [0.15, 0.2) is 42.9 Å². The topological polar surface area (TPSA) is 106 Å². The third kappa shape index (κ3) is 3.11. The van der Waals surface area contributed by atoms with Crippen molar-refractivity contribution in [3.05, 3.63) is 59.5 Å². The van der Waals surface area contributed by atoms with Crippen molar-refractivity contribution in [2.24, 2.45) is 7.05 Å². The van der Waals surface area contributed by atoms with Gasteiger partial charge < -0.3 is 16.2 Å². The highest BCUT2D eigenvalue weighted by Crippen LogP contribution is 2.32. The van der Waals surface area contributed by atoms with Gasteiger partial charge in [-0.15, -0.1) is 0 Å². The van der Waals surface area contributed by atoms with E-state index >= 15 is 0 Å². The quantitative estimate of drug-likeness (QED) is 0.481. The van der Waals surface area contributed by atoms with E-state index in [1.165, 1.54) is 0 Å². The zero-order chi connectivity index (χ0) is 19.1. The minimum atomic E-state index is -1.01. The van der Waals surface area contributed by atoms with E-state index in [4.69, 9.17) is 5.73 Å². The summed E-state index contributed by atoms with van der Waals surface area (Å²) in [6.45, 7) is 4.09. The van der Waals surface area contributed by atoms with Crippen molar-refractivity contribution in [2.75, 3.05) is 11.1 Å². The van der Waals surface area contributed by atoms with E-state index in [0.717, 1.165) is 28.1 Å². The number of hydrogen-bond donors (Lipinski definition) is 3. The number of nitrogen functional groups attached to an aromatic ring is 1. The maximum absolute atomic E-state index is 10.8. The van der Waals surface area contributed by atoms with E-state index in [2.05, 4.69) is 38.7 Å². The van der Waals surface area contributed by atoms with Crippen LogP contribution in [-0.2, 0) is 7.05 Å². The molecule has 4 N–H and O–H groups in total. The summed E-state index contributed by atoms with van der Waals surface area (Å²) < 4.78 is 3.30. The summed E-state index contributed by atoms with van der Waals surface area (Å²) in [6.07, 6.45) is 4.12. The lowest BCUT2D eigenvalue weighted by Gasteiger charge is -2.14. The second kappa shape index (κ2) is 6.40. The first-order chi connectivity index (χ1) is 12.9. The standard InChI is InChI=1S/C19H21N7O/c1-11-4-5-12(2)13(8-11)17-15(10-25(3)24-17)22-19(27)14-9-21-26-7-6-16(20)23-18(14)26/h4-10,19,22,27H,1-3H3,(H2,20,23). The number of nitrogens with two attached hydrogens (primary N) is 1. The van der Waals surface area contributed by atoms with E-state index in [-0.39, 0.29) is 0 Å². The zero-order valence-electron chi connectivity index (χ0n) is 15.4. The second-order valence-electron chi connectivity index (χ2n) is 6.65. The number of benzene rings is 1. The van der Waals surface area contributed by atoms with E-state index in [1.807, 2.05) is 27.1 Å². The second-order valence-corrected chi connectivity index (χ2v) is 6.65. The van der Waals surface area contributed by atoms with Crippen LogP contribution in [0.25, 0.3) is 16.9 Å². The summed E-state index contributed by atoms with van der Waals surface area (Å²) in [6, 6.07) is 7.88. The number of fused-ring (bicyclic) bond motifs is 1. The van der Waals surface area contributed by atoms with Crippen LogP contribution in [0.1, 0.15) is 22.9 Å². The molecular formula is C19H21N7O. The third-order valence-corrected chi connectivity index (χ3v) is 4.48. The van der Waals surface area contributed by atoms with Crippen LogP contribution in [0.3, 0.4) is 0 Å². The van der Waals surface area contributed by atoms with Crippen molar-refractivity contribution in [3.8, 4) is 11.3 Å². The lowest BCUT2D eigenvalue weighted by molar-refractivity contribution is 0.209. The Kier molecular flexibility index (Phi) is 4.04. The van der Waals surface area contributed by atoms with Gasteiger partial charge in [0.05, 0.1) is 17.4 Å². The number of nitrogens with one attached hydrogen (secondary N) is 1. The highest BCUT2D eigenvalue weighted by atomic mass is 16.3. The average molecular weight is 363 g/mol. The first kappa shape index (κ1) is 17.0. The molecule has 1 atom stereocenters. The van der Waals surface area contributed by atoms with Crippen LogP contribution in [0.5, 0.6) is 0 Å². The smallest absolute Gasteiger partial charge is 0.165 e. The fourth-order valence-electron chi connectivity index (χ4n) is 3.10. The van der Waals surface area contributed by atoms with Gasteiger partial charge in [0.15, 0.2) is 11.9 Å². The number of rotatable bonds is 4. The molecular weight excluding hydrogens is 342 g/mol. The molecule has 4 rings (SSSR count). The molecule has 8 nitrogen and oxygen atoms in total. The van der Waals surface area contributed by atoms with Crippen LogP contribution in [0.2, 0.25) is 0 Å². The number of aryl methyl sites for hydroxylation is 3. The number of aromatic nitrogens is 5. The monoisotopic (exact) mass is 363 g/mol. The predicted molar refractivity (Wildman–Crippen MR) is 104 cm³/mol. The molecule has 1 unspecified atom stereocenters. The van der Waals surface area contributed by atoms with Crippen molar-refractivity contribution in [3.63, 3.8) is 0 Å². The highest BCUT2D eigenvalue weighted by Gasteiger charge is 2.19. The fraction of sp³-hybridized carbons (Fsp3) is 0.211. The summed E-state index contributed by atoms with van der Waals surface area (Å²) in [5.74, 6) is 0.369. The molecule has 0 amide bonds. The largest absolute Gasteiger partial charge is 0.384 e. The molecule has 8 heteroatoms. The van der Waals surface area contributed by atoms with Gasteiger partial charge in [-0.05, 0) is 31.5 Å². The lowest BCUT2D eigenvalue weighted by Crippen LogP contribution is -2.10. The molecule has 0 fully saturated rings. The molecule has 0 aliphatic rings. The number of hydrogen-bond acceptors (Lipinski definition) is 6. The molecule has 0 bridgehead atoms. The summed E-state index contributed by atoms with van der Waals surface area (Å²) in [5, 5.41) is 22.7. The molecule has 138 valence electrons. The normalized spacial score (nSPS) is 12.4. The van der Waals surface area contributed by atoms with Gasteiger partial charge in [0.2, 0.25) is 0 Å². The van der Waals surface area contributed by atoms with Gasteiger partial charge in [0.25, 0.3) is 0 Å². The van der Waals surface area contributed by atoms with E-state index in [9.17, 15) is 5.11 Å². The number of aliphatic hydroxyl groups is 1. The molecule has 1 aromatic carbocycles. The minimum Gasteiger partial charge on any atom is -0.384 e. The van der Waals surface area contributed by atoms with Gasteiger partial charge in [-0.3, -0.25) is 4.68 Å². The van der Waals surface area contributed by atoms with Gasteiger partial charge in [-0.2, -0.15) is 10.2 Å². The van der Waals surface area contributed by atoms with Crippen molar-refractivity contribution >= 4 is 17.2 Å². The molecule has 3 heterocycles. The lowest BCUT2D eigenvalue weighted by atomic mass is 10.0. The fourth-order valence-corrected chi connectivity index (χ4v) is 3.10. The van der Waals surface area contributed by atoms with Crippen LogP contribution < -0.4 is 11.1 Å². The molecule has 3 aromatic heterocycles. The van der Waals surface area contributed by atoms with Gasteiger partial charge >= 0.3 is 0 Å². The van der Waals surface area contributed by atoms with Crippen molar-refractivity contribution in [2.45, 2.75) is 20.1 Å². The molecule has 0 spiro atoms. The van der Waals surface area contributed by atoms with Crippen molar-refractivity contribution in [1.29, 1.82) is 0 Å². The predicted octanol–water partition coefficient (Wildman–Crippen LogP) is 2.43. The molecule has 0 saturated heterocycles. The van der Waals surface area contributed by atoms with Crippen LogP contribution in [0.4, 0.5) is 11.5 Å². The maximum atomic E-state index is 10.8. The maximum Gasteiger partial charge on any atom is 0.165 e. The van der Waals surface area contributed by atoms with Gasteiger partial charge in [0, 0.05) is 25.0 Å². The van der Waals surface area contributed by atoms with Gasteiger partial charge in [0.1, 0.15) is 11.5 Å². The molecule has 4 aromatic rings. The Morgan fingerprint density at radius 3 is 2.85 bits per heavy atom. The van der Waals surface area contributed by atoms with Crippen LogP contribution in [0, 0.1) is 13.8 Å². The van der Waals surface area contributed by atoms with E-state index < -0.39 is 6.23 Å². The number of anilines is 2. The van der Waals surface area contributed by atoms with Crippen molar-refractivity contribution < 1.29 is 5.11 Å². The summed E-state index contributed by atoms with van der Waals surface area (Å²) >= 11 is 0. The molecule has 0 saturated carbocycles. The van der Waals surface area contributed by atoms with Crippen LogP contribution >= 0.6 is 0 Å². The van der Waals surface area contributed by atoms with Gasteiger partial charge in [-0.25, -0.2) is 9.50 Å². The Balaban J connectivity index is 1.72. The Morgan fingerprint density at radius 1 is 1.22 bits per heavy atom. The zero-order valence-corrected chi connectivity index (χ0v) is 15.4. The van der Waals surface area contributed by atoms with Crippen LogP contribution in [-0.4, -0.2) is 29.5 Å². The Labute approximate surface area is 156 Å². The third-order valence-electron chi connectivity index (χ3n) is 4.48.